The second-order valence-electron chi connectivity index (χ2n) is 7.34. The van der Waals surface area contributed by atoms with Crippen LogP contribution in [0, 0.1) is 6.92 Å². The molecule has 1 aliphatic carbocycles. The molecule has 0 aliphatic heterocycles. The predicted molar refractivity (Wildman–Crippen MR) is 121 cm³/mol. The van der Waals surface area contributed by atoms with E-state index < -0.39 is 0 Å². The SMILES string of the molecule is Cc1ccc(-n2nc(C(=O)Nc3ccc(OCCN)cc3)c3c2CCCC3)cc1.Cl. The number of nitrogens with zero attached hydrogens (tertiary/aromatic N) is 2. The van der Waals surface area contributed by atoms with E-state index in [4.69, 9.17) is 15.6 Å². The maximum absolute atomic E-state index is 13.0. The van der Waals surface area contributed by atoms with Crippen LogP contribution in [0.5, 0.6) is 5.75 Å². The fourth-order valence-electron chi connectivity index (χ4n) is 3.68. The molecule has 3 aromatic rings. The van der Waals surface area contributed by atoms with E-state index in [1.807, 2.05) is 28.9 Å². The summed E-state index contributed by atoms with van der Waals surface area (Å²) in [6.07, 6.45) is 4.03. The Bertz CT molecular complexity index is 997. The summed E-state index contributed by atoms with van der Waals surface area (Å²) in [5.74, 6) is 0.555. The molecule has 30 heavy (non-hydrogen) atoms. The van der Waals surface area contributed by atoms with Crippen molar-refractivity contribution in [2.45, 2.75) is 32.6 Å². The summed E-state index contributed by atoms with van der Waals surface area (Å²) in [6.45, 7) is 3.00. The molecule has 2 aromatic carbocycles. The molecule has 7 heteroatoms. The van der Waals surface area contributed by atoms with E-state index in [0.29, 0.717) is 24.5 Å². The van der Waals surface area contributed by atoms with Crippen molar-refractivity contribution in [3.63, 3.8) is 0 Å². The van der Waals surface area contributed by atoms with Crippen LogP contribution in [0.4, 0.5) is 5.69 Å². The number of aromatic nitrogens is 2. The van der Waals surface area contributed by atoms with Gasteiger partial charge in [0.05, 0.1) is 5.69 Å². The minimum atomic E-state index is -0.176. The van der Waals surface area contributed by atoms with Crippen molar-refractivity contribution < 1.29 is 9.53 Å². The van der Waals surface area contributed by atoms with Gasteiger partial charge in [0.1, 0.15) is 12.4 Å². The van der Waals surface area contributed by atoms with Gasteiger partial charge in [-0.25, -0.2) is 4.68 Å². The number of anilines is 1. The molecule has 1 aromatic heterocycles. The van der Waals surface area contributed by atoms with E-state index in [1.165, 1.54) is 5.56 Å². The van der Waals surface area contributed by atoms with Crippen molar-refractivity contribution in [2.24, 2.45) is 5.73 Å². The lowest BCUT2D eigenvalue weighted by Gasteiger charge is -2.14. The van der Waals surface area contributed by atoms with Crippen molar-refractivity contribution in [1.29, 1.82) is 0 Å². The Hall–Kier alpha value is -2.83. The lowest BCUT2D eigenvalue weighted by Crippen LogP contribution is -2.15. The van der Waals surface area contributed by atoms with Crippen LogP contribution in [0.15, 0.2) is 48.5 Å². The Balaban J connectivity index is 0.00000256. The molecule has 0 radical (unpaired) electrons. The largest absolute Gasteiger partial charge is 0.492 e. The molecule has 6 nitrogen and oxygen atoms in total. The van der Waals surface area contributed by atoms with Crippen molar-refractivity contribution in [3.8, 4) is 11.4 Å². The van der Waals surface area contributed by atoms with Gasteiger partial charge in [0.15, 0.2) is 5.69 Å². The number of halogens is 1. The maximum atomic E-state index is 13.0. The zero-order valence-corrected chi connectivity index (χ0v) is 17.9. The topological polar surface area (TPSA) is 82.2 Å². The quantitative estimate of drug-likeness (QED) is 0.622. The van der Waals surface area contributed by atoms with Gasteiger partial charge in [-0.1, -0.05) is 17.7 Å². The number of aryl methyl sites for hydroxylation is 1. The van der Waals surface area contributed by atoms with Gasteiger partial charge < -0.3 is 15.8 Å². The fraction of sp³-hybridized carbons (Fsp3) is 0.304. The van der Waals surface area contributed by atoms with E-state index in [0.717, 1.165) is 48.4 Å². The lowest BCUT2D eigenvalue weighted by atomic mass is 9.95. The summed E-state index contributed by atoms with van der Waals surface area (Å²) in [5.41, 5.74) is 11.1. The number of amides is 1. The minimum Gasteiger partial charge on any atom is -0.492 e. The molecule has 0 spiro atoms. The van der Waals surface area contributed by atoms with Gasteiger partial charge >= 0.3 is 0 Å². The number of carbonyl (C=O) groups excluding carboxylic acids is 1. The molecule has 3 N–H and O–H groups in total. The first-order valence-corrected chi connectivity index (χ1v) is 10.1. The van der Waals surface area contributed by atoms with Gasteiger partial charge in [-0.3, -0.25) is 4.79 Å². The number of fused-ring (bicyclic) bond motifs is 1. The Labute approximate surface area is 182 Å². The van der Waals surface area contributed by atoms with Crippen LogP contribution in [0.2, 0.25) is 0 Å². The highest BCUT2D eigenvalue weighted by atomic mass is 35.5. The third-order valence-electron chi connectivity index (χ3n) is 5.17. The third kappa shape index (κ3) is 4.66. The second-order valence-corrected chi connectivity index (χ2v) is 7.34. The van der Waals surface area contributed by atoms with Crippen LogP contribution in [0.1, 0.15) is 40.2 Å². The van der Waals surface area contributed by atoms with E-state index in [1.54, 1.807) is 0 Å². The highest BCUT2D eigenvalue weighted by Crippen LogP contribution is 2.28. The van der Waals surface area contributed by atoms with Crippen molar-refractivity contribution >= 4 is 24.0 Å². The molecule has 1 amide bonds. The highest BCUT2D eigenvalue weighted by Gasteiger charge is 2.25. The summed E-state index contributed by atoms with van der Waals surface area (Å²) in [7, 11) is 0. The summed E-state index contributed by atoms with van der Waals surface area (Å²) >= 11 is 0. The van der Waals surface area contributed by atoms with Gasteiger partial charge in [0, 0.05) is 23.5 Å². The number of ether oxygens (including phenoxy) is 1. The Morgan fingerprint density at radius 2 is 1.80 bits per heavy atom. The fourth-order valence-corrected chi connectivity index (χ4v) is 3.68. The van der Waals surface area contributed by atoms with Gasteiger partial charge in [-0.2, -0.15) is 5.10 Å². The number of hydrogen-bond acceptors (Lipinski definition) is 4. The van der Waals surface area contributed by atoms with Crippen LogP contribution in [0.3, 0.4) is 0 Å². The van der Waals surface area contributed by atoms with Crippen molar-refractivity contribution in [3.05, 3.63) is 71.0 Å². The predicted octanol–water partition coefficient (Wildman–Crippen LogP) is 4.07. The summed E-state index contributed by atoms with van der Waals surface area (Å²) < 4.78 is 7.42. The number of nitrogens with two attached hydrogens (primary N) is 1. The normalized spacial score (nSPS) is 12.6. The van der Waals surface area contributed by atoms with E-state index in [-0.39, 0.29) is 18.3 Å². The maximum Gasteiger partial charge on any atom is 0.276 e. The Morgan fingerprint density at radius 1 is 1.10 bits per heavy atom. The zero-order valence-electron chi connectivity index (χ0n) is 17.1. The van der Waals surface area contributed by atoms with Gasteiger partial charge in [0.2, 0.25) is 0 Å². The molecule has 1 heterocycles. The van der Waals surface area contributed by atoms with Gasteiger partial charge in [0.25, 0.3) is 5.91 Å². The monoisotopic (exact) mass is 426 g/mol. The average molecular weight is 427 g/mol. The molecule has 0 bridgehead atoms. The molecule has 0 saturated carbocycles. The number of hydrogen-bond donors (Lipinski definition) is 2. The zero-order chi connectivity index (χ0) is 20.2. The van der Waals surface area contributed by atoms with Crippen LogP contribution < -0.4 is 15.8 Å². The Morgan fingerprint density at radius 3 is 2.50 bits per heavy atom. The average Bonchev–Trinajstić information content (AvgIpc) is 3.14. The standard InChI is InChI=1S/C23H26N4O2.ClH/c1-16-6-10-18(11-7-16)27-21-5-3-2-4-20(21)22(26-27)23(28)25-17-8-12-19(13-9-17)29-15-14-24;/h6-13H,2-5,14-15,24H2,1H3,(H,25,28);1H. The number of carbonyl (C=O) groups is 1. The molecule has 158 valence electrons. The molecule has 1 aliphatic rings. The van der Waals surface area contributed by atoms with Crippen LogP contribution in [0.25, 0.3) is 5.69 Å². The lowest BCUT2D eigenvalue weighted by molar-refractivity contribution is 0.102. The summed E-state index contributed by atoms with van der Waals surface area (Å²) in [4.78, 5) is 13.0. The first-order chi connectivity index (χ1) is 14.2. The molecular formula is C23H27ClN4O2. The van der Waals surface area contributed by atoms with Gasteiger partial charge in [-0.05, 0) is 69.0 Å². The van der Waals surface area contributed by atoms with E-state index >= 15 is 0 Å². The number of nitrogens with one attached hydrogen (secondary N) is 1. The molecule has 4 rings (SSSR count). The molecular weight excluding hydrogens is 400 g/mol. The van der Waals surface area contributed by atoms with Crippen LogP contribution >= 0.6 is 12.4 Å². The van der Waals surface area contributed by atoms with Gasteiger partial charge in [-0.15, -0.1) is 12.4 Å². The molecule has 0 unspecified atom stereocenters. The van der Waals surface area contributed by atoms with Crippen molar-refractivity contribution in [1.82, 2.24) is 9.78 Å². The van der Waals surface area contributed by atoms with Crippen molar-refractivity contribution in [2.75, 3.05) is 18.5 Å². The van der Waals surface area contributed by atoms with E-state index in [9.17, 15) is 4.79 Å². The minimum absolute atomic E-state index is 0. The second kappa shape index (κ2) is 9.78. The Kier molecular flexibility index (Phi) is 7.13. The van der Waals surface area contributed by atoms with E-state index in [2.05, 4.69) is 36.5 Å². The summed E-state index contributed by atoms with van der Waals surface area (Å²) in [5, 5.41) is 7.68. The first kappa shape index (κ1) is 21.9. The summed E-state index contributed by atoms with van der Waals surface area (Å²) in [6, 6.07) is 15.6. The number of benzene rings is 2. The molecule has 0 saturated heterocycles. The molecule has 0 atom stereocenters. The van der Waals surface area contributed by atoms with Crippen LogP contribution in [-0.2, 0) is 12.8 Å². The highest BCUT2D eigenvalue weighted by molar-refractivity contribution is 6.04. The van der Waals surface area contributed by atoms with Crippen LogP contribution in [-0.4, -0.2) is 28.8 Å². The number of rotatable bonds is 6. The molecule has 0 fully saturated rings. The first-order valence-electron chi connectivity index (χ1n) is 10.1. The smallest absolute Gasteiger partial charge is 0.276 e. The third-order valence-corrected chi connectivity index (χ3v) is 5.17.